The smallest absolute Gasteiger partial charge is 0.228 e. The van der Waals surface area contributed by atoms with Crippen LogP contribution in [-0.4, -0.2) is 37.9 Å². The lowest BCUT2D eigenvalue weighted by molar-refractivity contribution is -0.0366. The van der Waals surface area contributed by atoms with Gasteiger partial charge < -0.3 is 20.5 Å². The summed E-state index contributed by atoms with van der Waals surface area (Å²) in [5.74, 6) is 0.912. The van der Waals surface area contributed by atoms with E-state index in [1.807, 2.05) is 29.1 Å². The molecule has 10 heteroatoms. The number of nitrogens with two attached hydrogens (primary N) is 1. The van der Waals surface area contributed by atoms with Gasteiger partial charge in [0.05, 0.1) is 23.3 Å². The molecular weight excluding hydrogens is 425 g/mol. The van der Waals surface area contributed by atoms with E-state index < -0.39 is 6.04 Å². The summed E-state index contributed by atoms with van der Waals surface area (Å²) >= 11 is 0. The molecule has 2 aliphatic rings. The zero-order chi connectivity index (χ0) is 22.4. The number of fused-ring (bicyclic) bond motifs is 2. The normalized spacial score (nSPS) is 19.9. The maximum Gasteiger partial charge on any atom is 0.228 e. The van der Waals surface area contributed by atoms with E-state index in [1.54, 1.807) is 12.1 Å². The highest BCUT2D eigenvalue weighted by Gasteiger charge is 2.28. The largest absolute Gasteiger partial charge is 0.491 e. The molecule has 0 spiro atoms. The van der Waals surface area contributed by atoms with Gasteiger partial charge in [-0.1, -0.05) is 18.2 Å². The first kappa shape index (κ1) is 19.9. The molecule has 6 rings (SSSR count). The molecule has 168 valence electrons. The van der Waals surface area contributed by atoms with Crippen molar-refractivity contribution in [1.29, 1.82) is 0 Å². The topological polar surface area (TPSA) is 113 Å². The summed E-state index contributed by atoms with van der Waals surface area (Å²) in [5, 5.41) is 8.68. The number of halogens is 1. The molecule has 1 saturated heterocycles. The Hall–Kier alpha value is -3.79. The van der Waals surface area contributed by atoms with Crippen LogP contribution in [0.4, 0.5) is 16.3 Å². The van der Waals surface area contributed by atoms with E-state index in [-0.39, 0.29) is 30.5 Å². The van der Waals surface area contributed by atoms with Crippen molar-refractivity contribution in [3.8, 4) is 17.1 Å². The van der Waals surface area contributed by atoms with Crippen LogP contribution >= 0.6 is 0 Å². The molecule has 0 radical (unpaired) electrons. The van der Waals surface area contributed by atoms with Gasteiger partial charge in [-0.25, -0.2) is 9.07 Å². The number of ether oxygens (including phenoxy) is 2. The van der Waals surface area contributed by atoms with Crippen molar-refractivity contribution in [3.63, 3.8) is 0 Å². The molecule has 4 heterocycles. The van der Waals surface area contributed by atoms with E-state index in [9.17, 15) is 4.39 Å². The fourth-order valence-electron chi connectivity index (χ4n) is 4.42. The summed E-state index contributed by atoms with van der Waals surface area (Å²) in [6, 6.07) is 10.2. The maximum atomic E-state index is 14.4. The summed E-state index contributed by atoms with van der Waals surface area (Å²) in [6.45, 7) is 1.00. The van der Waals surface area contributed by atoms with Crippen LogP contribution < -0.4 is 15.8 Å². The minimum atomic E-state index is -0.428. The molecule has 9 nitrogen and oxygen atoms in total. The van der Waals surface area contributed by atoms with Crippen LogP contribution in [0.1, 0.15) is 37.1 Å². The molecule has 3 N–H and O–H groups in total. The van der Waals surface area contributed by atoms with Crippen LogP contribution in [-0.2, 0) is 4.74 Å². The van der Waals surface area contributed by atoms with Gasteiger partial charge in [0.25, 0.3) is 0 Å². The Kier molecular flexibility index (Phi) is 4.79. The Morgan fingerprint density at radius 1 is 1.12 bits per heavy atom. The van der Waals surface area contributed by atoms with E-state index in [4.69, 9.17) is 15.2 Å². The van der Waals surface area contributed by atoms with Crippen LogP contribution in [0.25, 0.3) is 22.3 Å². The third kappa shape index (κ3) is 3.62. The lowest BCUT2D eigenvalue weighted by Gasteiger charge is -2.23. The predicted octanol–water partition coefficient (Wildman–Crippen LogP) is 3.85. The fraction of sp³-hybridized carbons (Fsp3) is 0.304. The van der Waals surface area contributed by atoms with Gasteiger partial charge >= 0.3 is 0 Å². The molecule has 0 saturated carbocycles. The van der Waals surface area contributed by atoms with Crippen molar-refractivity contribution in [1.82, 2.24) is 24.7 Å². The van der Waals surface area contributed by atoms with Crippen LogP contribution in [0.3, 0.4) is 0 Å². The molecule has 0 bridgehead atoms. The van der Waals surface area contributed by atoms with Crippen LogP contribution in [0.5, 0.6) is 5.75 Å². The first-order valence-corrected chi connectivity index (χ1v) is 10.9. The molecule has 2 aromatic heterocycles. The summed E-state index contributed by atoms with van der Waals surface area (Å²) < 4.78 is 27.8. The Morgan fingerprint density at radius 2 is 2.06 bits per heavy atom. The fourth-order valence-corrected chi connectivity index (χ4v) is 4.42. The summed E-state index contributed by atoms with van der Waals surface area (Å²) in [7, 11) is 0. The number of hydrogen-bond donors (Lipinski definition) is 2. The van der Waals surface area contributed by atoms with Crippen molar-refractivity contribution in [2.24, 2.45) is 0 Å². The van der Waals surface area contributed by atoms with Gasteiger partial charge in [-0.05, 0) is 37.5 Å². The van der Waals surface area contributed by atoms with E-state index in [1.165, 1.54) is 6.07 Å². The number of rotatable bonds is 4. The van der Waals surface area contributed by atoms with Gasteiger partial charge in [0.1, 0.15) is 18.2 Å². The van der Waals surface area contributed by atoms with Gasteiger partial charge in [0, 0.05) is 17.6 Å². The molecule has 0 amide bonds. The zero-order valence-electron chi connectivity index (χ0n) is 17.7. The molecule has 33 heavy (non-hydrogen) atoms. The summed E-state index contributed by atoms with van der Waals surface area (Å²) in [5.41, 5.74) is 8.15. The van der Waals surface area contributed by atoms with Gasteiger partial charge in [-0.2, -0.15) is 20.1 Å². The summed E-state index contributed by atoms with van der Waals surface area (Å²) in [6.07, 6.45) is 4.86. The highest BCUT2D eigenvalue weighted by Crippen LogP contribution is 2.36. The second kappa shape index (κ2) is 7.96. The average molecular weight is 447 g/mol. The van der Waals surface area contributed by atoms with Gasteiger partial charge in [-0.15, -0.1) is 0 Å². The van der Waals surface area contributed by atoms with Gasteiger partial charge in [0.2, 0.25) is 11.9 Å². The van der Waals surface area contributed by atoms with E-state index in [0.29, 0.717) is 17.1 Å². The number of anilines is 2. The Morgan fingerprint density at radius 3 is 2.94 bits per heavy atom. The van der Waals surface area contributed by atoms with Gasteiger partial charge in [0.15, 0.2) is 12.1 Å². The molecule has 2 aliphatic heterocycles. The van der Waals surface area contributed by atoms with Crippen molar-refractivity contribution in [2.75, 3.05) is 24.3 Å². The minimum absolute atomic E-state index is 0.0689. The zero-order valence-corrected chi connectivity index (χ0v) is 17.7. The minimum Gasteiger partial charge on any atom is -0.491 e. The Bertz CT molecular complexity index is 1340. The number of hydrogen-bond acceptors (Lipinski definition) is 8. The highest BCUT2D eigenvalue weighted by molar-refractivity contribution is 5.83. The first-order valence-electron chi connectivity index (χ1n) is 10.9. The number of aromatic nitrogens is 5. The lowest BCUT2D eigenvalue weighted by Crippen LogP contribution is -2.19. The standard InChI is InChI=1S/C23H22FN7O2/c24-15-4-3-5-18-20(15)16(12-33-18)27-23-29-21(28-22(25)30-23)13-7-8-14-11-26-31(17(14)10-13)19-6-1-2-9-32-19/h3-5,7-8,10-11,16,19H,1-2,6,9,12H2,(H3,25,27,28,29,30). The molecule has 1 fully saturated rings. The molecule has 4 aromatic rings. The Labute approximate surface area is 188 Å². The van der Waals surface area contributed by atoms with Crippen molar-refractivity contribution in [2.45, 2.75) is 31.5 Å². The van der Waals surface area contributed by atoms with E-state index in [2.05, 4.69) is 25.4 Å². The molecular formula is C23H22FN7O2. The van der Waals surface area contributed by atoms with E-state index >= 15 is 0 Å². The Balaban J connectivity index is 1.33. The van der Waals surface area contributed by atoms with Crippen molar-refractivity contribution < 1.29 is 13.9 Å². The lowest BCUT2D eigenvalue weighted by atomic mass is 10.1. The second-order valence-corrected chi connectivity index (χ2v) is 8.18. The summed E-state index contributed by atoms with van der Waals surface area (Å²) in [4.78, 5) is 13.1. The van der Waals surface area contributed by atoms with Gasteiger partial charge in [-0.3, -0.25) is 0 Å². The molecule has 2 aromatic carbocycles. The highest BCUT2D eigenvalue weighted by atomic mass is 19.1. The van der Waals surface area contributed by atoms with Crippen molar-refractivity contribution in [3.05, 3.63) is 54.0 Å². The number of nitrogens with one attached hydrogen (secondary N) is 1. The van der Waals surface area contributed by atoms with E-state index in [0.717, 1.165) is 42.3 Å². The maximum absolute atomic E-state index is 14.4. The second-order valence-electron chi connectivity index (χ2n) is 8.18. The van der Waals surface area contributed by atoms with Crippen LogP contribution in [0.2, 0.25) is 0 Å². The third-order valence-corrected chi connectivity index (χ3v) is 6.01. The average Bonchev–Trinajstić information content (AvgIpc) is 3.44. The predicted molar refractivity (Wildman–Crippen MR) is 120 cm³/mol. The number of benzene rings is 2. The first-order chi connectivity index (χ1) is 16.2. The monoisotopic (exact) mass is 447 g/mol. The quantitative estimate of drug-likeness (QED) is 0.485. The van der Waals surface area contributed by atoms with Crippen LogP contribution in [0, 0.1) is 5.82 Å². The molecule has 2 atom stereocenters. The number of nitrogens with zero attached hydrogens (tertiary/aromatic N) is 5. The molecule has 2 unspecified atom stereocenters. The van der Waals surface area contributed by atoms with Crippen molar-refractivity contribution >= 4 is 22.8 Å². The number of nitrogen functional groups attached to an aromatic ring is 1. The molecule has 0 aliphatic carbocycles. The SMILES string of the molecule is Nc1nc(NC2COc3cccc(F)c32)nc(-c2ccc3cnn(C4CCCCO4)c3c2)n1. The van der Waals surface area contributed by atoms with Crippen LogP contribution in [0.15, 0.2) is 42.6 Å². The third-order valence-electron chi connectivity index (χ3n) is 6.01.